The molecule has 0 aliphatic carbocycles. The molecule has 1 saturated heterocycles. The lowest BCUT2D eigenvalue weighted by Crippen LogP contribution is -2.33. The van der Waals surface area contributed by atoms with Crippen molar-refractivity contribution >= 4 is 18.1 Å². The van der Waals surface area contributed by atoms with Crippen molar-refractivity contribution in [3.05, 3.63) is 34.4 Å². The largest absolute Gasteiger partial charge is 0.493 e. The Morgan fingerprint density at radius 3 is 2.73 bits per heavy atom. The fraction of sp³-hybridized carbons (Fsp3) is 0.625. The molecule has 124 valence electrons. The van der Waals surface area contributed by atoms with Crippen LogP contribution < -0.4 is 4.74 Å². The third kappa shape index (κ3) is 6.20. The average Bonchev–Trinajstić information content (AvgIpc) is 2.49. The molecule has 1 aliphatic rings. The second-order valence-electron chi connectivity index (χ2n) is 5.83. The van der Waals surface area contributed by atoms with Gasteiger partial charge in [0.25, 0.3) is 5.69 Å². The summed E-state index contributed by atoms with van der Waals surface area (Å²) < 4.78 is 5.58. The summed E-state index contributed by atoms with van der Waals surface area (Å²) in [4.78, 5) is 12.8. The Balaban J connectivity index is 0.00000242. The number of hydrogen-bond acceptors (Lipinski definition) is 4. The van der Waals surface area contributed by atoms with Crippen LogP contribution in [0, 0.1) is 16.0 Å². The molecule has 0 unspecified atom stereocenters. The number of benzene rings is 1. The summed E-state index contributed by atoms with van der Waals surface area (Å²) >= 11 is 0. The lowest BCUT2D eigenvalue weighted by Gasteiger charge is -2.30. The van der Waals surface area contributed by atoms with E-state index < -0.39 is 4.92 Å². The summed E-state index contributed by atoms with van der Waals surface area (Å²) in [5.74, 6) is 1.45. The number of hydrogen-bond donors (Lipinski definition) is 0. The Morgan fingerprint density at radius 2 is 2.05 bits per heavy atom. The zero-order valence-electron chi connectivity index (χ0n) is 13.1. The minimum atomic E-state index is -0.399. The van der Waals surface area contributed by atoms with Crippen molar-refractivity contribution in [1.82, 2.24) is 4.90 Å². The Kier molecular flexibility index (Phi) is 8.20. The first-order valence-electron chi connectivity index (χ1n) is 7.75. The molecule has 0 atom stereocenters. The van der Waals surface area contributed by atoms with Gasteiger partial charge in [0, 0.05) is 6.07 Å². The number of unbranched alkanes of at least 4 members (excludes halogenated alkanes) is 1. The van der Waals surface area contributed by atoms with Crippen molar-refractivity contribution in [2.75, 3.05) is 26.2 Å². The van der Waals surface area contributed by atoms with E-state index in [0.29, 0.717) is 12.4 Å². The van der Waals surface area contributed by atoms with Gasteiger partial charge in [-0.2, -0.15) is 0 Å². The van der Waals surface area contributed by atoms with Crippen molar-refractivity contribution in [2.24, 2.45) is 5.92 Å². The van der Waals surface area contributed by atoms with E-state index in [1.165, 1.54) is 38.1 Å². The van der Waals surface area contributed by atoms with Gasteiger partial charge in [0.15, 0.2) is 0 Å². The minimum Gasteiger partial charge on any atom is -0.493 e. The maximum Gasteiger partial charge on any atom is 0.273 e. The molecule has 1 aromatic carbocycles. The van der Waals surface area contributed by atoms with Gasteiger partial charge in [-0.15, -0.1) is 12.4 Å². The second-order valence-corrected chi connectivity index (χ2v) is 5.83. The number of nitrogens with zero attached hydrogens (tertiary/aromatic N) is 2. The molecule has 1 heterocycles. The lowest BCUT2D eigenvalue weighted by atomic mass is 9.99. The predicted octanol–water partition coefficient (Wildman–Crippen LogP) is 3.91. The fourth-order valence-electron chi connectivity index (χ4n) is 2.60. The molecule has 0 saturated carbocycles. The van der Waals surface area contributed by atoms with Crippen LogP contribution in [0.15, 0.2) is 24.3 Å². The normalized spacial score (nSPS) is 16.0. The second kappa shape index (κ2) is 9.64. The van der Waals surface area contributed by atoms with Gasteiger partial charge in [0.1, 0.15) is 5.75 Å². The number of nitro benzene ring substituents is 1. The van der Waals surface area contributed by atoms with Crippen LogP contribution in [-0.2, 0) is 0 Å². The number of likely N-dealkylation sites (tertiary alicyclic amines) is 1. The molecule has 1 fully saturated rings. The zero-order chi connectivity index (χ0) is 15.1. The highest BCUT2D eigenvalue weighted by Gasteiger charge is 2.14. The molecule has 2 rings (SSSR count). The van der Waals surface area contributed by atoms with Gasteiger partial charge in [-0.05, 0) is 57.3 Å². The van der Waals surface area contributed by atoms with E-state index >= 15 is 0 Å². The molecule has 22 heavy (non-hydrogen) atoms. The van der Waals surface area contributed by atoms with E-state index in [1.54, 1.807) is 12.1 Å². The smallest absolute Gasteiger partial charge is 0.273 e. The highest BCUT2D eigenvalue weighted by molar-refractivity contribution is 5.85. The fourth-order valence-corrected chi connectivity index (χ4v) is 2.60. The van der Waals surface area contributed by atoms with Crippen LogP contribution in [0.3, 0.4) is 0 Å². The standard InChI is InChI=1S/C16H24N2O3.ClH/c1-14-7-10-17(11-8-14)9-2-3-12-21-16-6-4-5-15(13-16)18(19)20;/h4-6,13-14H,2-3,7-12H2,1H3;1H. The number of rotatable bonds is 7. The first kappa shape index (κ1) is 18.7. The molecule has 1 aromatic rings. The maximum atomic E-state index is 10.7. The van der Waals surface area contributed by atoms with Gasteiger partial charge in [-0.1, -0.05) is 13.0 Å². The summed E-state index contributed by atoms with van der Waals surface area (Å²) in [5, 5.41) is 10.7. The van der Waals surface area contributed by atoms with Crippen molar-refractivity contribution in [1.29, 1.82) is 0 Å². The number of halogens is 1. The maximum absolute atomic E-state index is 10.7. The molecular formula is C16H25ClN2O3. The van der Waals surface area contributed by atoms with Gasteiger partial charge >= 0.3 is 0 Å². The van der Waals surface area contributed by atoms with Crippen molar-refractivity contribution < 1.29 is 9.66 Å². The minimum absolute atomic E-state index is 0. The van der Waals surface area contributed by atoms with Crippen LogP contribution in [0.25, 0.3) is 0 Å². The van der Waals surface area contributed by atoms with E-state index in [0.717, 1.165) is 25.3 Å². The summed E-state index contributed by atoms with van der Waals surface area (Å²) in [6, 6.07) is 6.37. The van der Waals surface area contributed by atoms with Gasteiger partial charge in [0.05, 0.1) is 17.6 Å². The van der Waals surface area contributed by atoms with Gasteiger partial charge in [-0.3, -0.25) is 10.1 Å². The van der Waals surface area contributed by atoms with Crippen molar-refractivity contribution in [3.63, 3.8) is 0 Å². The molecule has 0 aromatic heterocycles. The number of piperidine rings is 1. The summed E-state index contributed by atoms with van der Waals surface area (Å²) in [5.41, 5.74) is 0.0786. The number of ether oxygens (including phenoxy) is 1. The monoisotopic (exact) mass is 328 g/mol. The Labute approximate surface area is 138 Å². The summed E-state index contributed by atoms with van der Waals surface area (Å²) in [7, 11) is 0. The molecule has 5 nitrogen and oxygen atoms in total. The SMILES string of the molecule is CC1CCN(CCCCOc2cccc([N+](=O)[O-])c2)CC1.Cl. The molecule has 1 aliphatic heterocycles. The first-order valence-corrected chi connectivity index (χ1v) is 7.75. The summed E-state index contributed by atoms with van der Waals surface area (Å²) in [6.07, 6.45) is 4.71. The quantitative estimate of drug-likeness (QED) is 0.432. The first-order chi connectivity index (χ1) is 10.1. The van der Waals surface area contributed by atoms with Crippen LogP contribution >= 0.6 is 12.4 Å². The number of nitro groups is 1. The average molecular weight is 329 g/mol. The predicted molar refractivity (Wildman–Crippen MR) is 89.9 cm³/mol. The molecule has 0 spiro atoms. The van der Waals surface area contributed by atoms with Crippen LogP contribution in [0.1, 0.15) is 32.6 Å². The van der Waals surface area contributed by atoms with E-state index in [9.17, 15) is 10.1 Å². The van der Waals surface area contributed by atoms with Gasteiger partial charge in [-0.25, -0.2) is 0 Å². The van der Waals surface area contributed by atoms with Crippen LogP contribution in [0.5, 0.6) is 5.75 Å². The summed E-state index contributed by atoms with van der Waals surface area (Å²) in [6.45, 7) is 6.50. The Bertz CT molecular complexity index is 462. The zero-order valence-corrected chi connectivity index (χ0v) is 13.9. The van der Waals surface area contributed by atoms with Gasteiger partial charge in [0.2, 0.25) is 0 Å². The molecule has 0 bridgehead atoms. The highest BCUT2D eigenvalue weighted by Crippen LogP contribution is 2.19. The highest BCUT2D eigenvalue weighted by atomic mass is 35.5. The molecule has 0 N–H and O–H groups in total. The Hall–Kier alpha value is -1.33. The molecular weight excluding hydrogens is 304 g/mol. The van der Waals surface area contributed by atoms with Crippen molar-refractivity contribution in [2.45, 2.75) is 32.6 Å². The van der Waals surface area contributed by atoms with E-state index in [-0.39, 0.29) is 18.1 Å². The van der Waals surface area contributed by atoms with E-state index in [4.69, 9.17) is 4.74 Å². The number of non-ortho nitro benzene ring substituents is 1. The van der Waals surface area contributed by atoms with Crippen molar-refractivity contribution in [3.8, 4) is 5.75 Å². The van der Waals surface area contributed by atoms with E-state index in [1.807, 2.05) is 0 Å². The lowest BCUT2D eigenvalue weighted by molar-refractivity contribution is -0.384. The van der Waals surface area contributed by atoms with Gasteiger partial charge < -0.3 is 9.64 Å². The third-order valence-corrected chi connectivity index (χ3v) is 4.04. The van der Waals surface area contributed by atoms with Crippen LogP contribution in [-0.4, -0.2) is 36.1 Å². The molecule has 0 amide bonds. The van der Waals surface area contributed by atoms with E-state index in [2.05, 4.69) is 11.8 Å². The van der Waals surface area contributed by atoms with Crippen LogP contribution in [0.4, 0.5) is 5.69 Å². The Morgan fingerprint density at radius 1 is 1.32 bits per heavy atom. The molecule has 6 heteroatoms. The topological polar surface area (TPSA) is 55.6 Å². The molecule has 0 radical (unpaired) electrons. The third-order valence-electron chi connectivity index (χ3n) is 4.04. The van der Waals surface area contributed by atoms with Crippen LogP contribution in [0.2, 0.25) is 0 Å².